The fourth-order valence-corrected chi connectivity index (χ4v) is 8.13. The molecule has 232 valence electrons. The maximum absolute atomic E-state index is 5.42. The Kier molecular flexibility index (Phi) is 5.63. The minimum absolute atomic E-state index is 0.823. The van der Waals surface area contributed by atoms with E-state index in [1.54, 1.807) is 0 Å². The van der Waals surface area contributed by atoms with Crippen LogP contribution >= 0.6 is 0 Å². The molecule has 0 bridgehead atoms. The highest BCUT2D eigenvalue weighted by atomic mass is 15.1. The van der Waals surface area contributed by atoms with E-state index in [0.717, 1.165) is 44.8 Å². The number of benzene rings is 8. The number of para-hydroxylation sites is 4. The van der Waals surface area contributed by atoms with Crippen LogP contribution in [0, 0.1) is 0 Å². The van der Waals surface area contributed by atoms with Gasteiger partial charge in [0, 0.05) is 43.6 Å². The number of hydrogen-bond donors (Lipinski definition) is 0. The van der Waals surface area contributed by atoms with Crippen molar-refractivity contribution >= 4 is 76.2 Å². The molecule has 0 aliphatic carbocycles. The van der Waals surface area contributed by atoms with Crippen molar-refractivity contribution in [3.63, 3.8) is 0 Å². The Morgan fingerprint density at radius 3 is 1.60 bits per heavy atom. The first-order chi connectivity index (χ1) is 24.8. The molecule has 0 saturated heterocycles. The van der Waals surface area contributed by atoms with Crippen molar-refractivity contribution < 1.29 is 0 Å². The first-order valence-corrected chi connectivity index (χ1v) is 17.0. The van der Waals surface area contributed by atoms with E-state index in [0.29, 0.717) is 0 Å². The number of nitrogens with zero attached hydrogens (tertiary/aromatic N) is 4. The van der Waals surface area contributed by atoms with Gasteiger partial charge in [0.1, 0.15) is 5.69 Å². The zero-order valence-electron chi connectivity index (χ0n) is 27.0. The summed E-state index contributed by atoms with van der Waals surface area (Å²) in [7, 11) is 0. The van der Waals surface area contributed by atoms with Crippen LogP contribution in [0.2, 0.25) is 0 Å². The second-order valence-corrected chi connectivity index (χ2v) is 13.0. The molecule has 11 aromatic rings. The summed E-state index contributed by atoms with van der Waals surface area (Å²) < 4.78 is 4.84. The van der Waals surface area contributed by atoms with E-state index in [2.05, 4.69) is 155 Å². The molecular formula is C46H28N4. The molecule has 0 saturated carbocycles. The lowest BCUT2D eigenvalue weighted by molar-refractivity contribution is 1.08. The van der Waals surface area contributed by atoms with Gasteiger partial charge in [-0.15, -0.1) is 0 Å². The number of aromatic nitrogens is 4. The van der Waals surface area contributed by atoms with Crippen molar-refractivity contribution in [3.05, 3.63) is 170 Å². The Labute approximate surface area is 287 Å². The SMILES string of the molecule is c1ccc(-c2nc3ccccc3nc2-n2c3ccccc3c3c4c5ccccc5n(-c5ccc6ccccc6c5)c4c4ccccc4c32)cc1. The van der Waals surface area contributed by atoms with Gasteiger partial charge in [0.05, 0.1) is 33.1 Å². The van der Waals surface area contributed by atoms with E-state index in [4.69, 9.17) is 9.97 Å². The highest BCUT2D eigenvalue weighted by Gasteiger charge is 2.26. The summed E-state index contributed by atoms with van der Waals surface area (Å²) in [6.07, 6.45) is 0. The van der Waals surface area contributed by atoms with Crippen LogP contribution in [0.3, 0.4) is 0 Å². The van der Waals surface area contributed by atoms with Gasteiger partial charge < -0.3 is 4.57 Å². The lowest BCUT2D eigenvalue weighted by Gasteiger charge is -2.16. The van der Waals surface area contributed by atoms with E-state index < -0.39 is 0 Å². The molecular weight excluding hydrogens is 609 g/mol. The Morgan fingerprint density at radius 2 is 0.900 bits per heavy atom. The Balaban J connectivity index is 1.38. The summed E-state index contributed by atoms with van der Waals surface area (Å²) in [6, 6.07) is 60.5. The molecule has 0 amide bonds. The summed E-state index contributed by atoms with van der Waals surface area (Å²) >= 11 is 0. The maximum atomic E-state index is 5.42. The maximum Gasteiger partial charge on any atom is 0.165 e. The lowest BCUT2D eigenvalue weighted by Crippen LogP contribution is -2.04. The molecule has 8 aromatic carbocycles. The quantitative estimate of drug-likeness (QED) is 0.193. The van der Waals surface area contributed by atoms with E-state index in [-0.39, 0.29) is 0 Å². The smallest absolute Gasteiger partial charge is 0.165 e. The first-order valence-electron chi connectivity index (χ1n) is 17.0. The van der Waals surface area contributed by atoms with Crippen LogP contribution in [0.25, 0.3) is 99.0 Å². The van der Waals surface area contributed by atoms with Gasteiger partial charge in [-0.2, -0.15) is 0 Å². The molecule has 0 atom stereocenters. The van der Waals surface area contributed by atoms with Crippen molar-refractivity contribution in [2.75, 3.05) is 0 Å². The van der Waals surface area contributed by atoms with Crippen molar-refractivity contribution in [2.24, 2.45) is 0 Å². The molecule has 3 aromatic heterocycles. The summed E-state index contributed by atoms with van der Waals surface area (Å²) in [6.45, 7) is 0. The zero-order chi connectivity index (χ0) is 32.8. The van der Waals surface area contributed by atoms with Gasteiger partial charge in [0.25, 0.3) is 0 Å². The van der Waals surface area contributed by atoms with E-state index in [9.17, 15) is 0 Å². The fraction of sp³-hybridized carbons (Fsp3) is 0. The molecule has 0 N–H and O–H groups in total. The topological polar surface area (TPSA) is 35.6 Å². The summed E-state index contributed by atoms with van der Waals surface area (Å²) in [4.78, 5) is 10.7. The predicted molar refractivity (Wildman–Crippen MR) is 209 cm³/mol. The third-order valence-corrected chi connectivity index (χ3v) is 10.2. The molecule has 50 heavy (non-hydrogen) atoms. The Bertz CT molecular complexity index is 3150. The van der Waals surface area contributed by atoms with Gasteiger partial charge in [-0.25, -0.2) is 9.97 Å². The second-order valence-electron chi connectivity index (χ2n) is 13.0. The van der Waals surface area contributed by atoms with Gasteiger partial charge in [-0.3, -0.25) is 4.57 Å². The minimum Gasteiger partial charge on any atom is -0.309 e. The molecule has 4 heteroatoms. The molecule has 3 heterocycles. The standard InChI is InChI=1S/C46H28N4/c1-2-15-30(16-3-1)43-46(48-38-23-11-10-22-37(38)47-43)50-40-25-13-9-21-36(40)42-41-35-20-8-12-24-39(35)49(32-27-26-29-14-4-5-17-31(29)28-32)44(41)33-18-6-7-19-34(33)45(42)50/h1-28H. The fourth-order valence-electron chi connectivity index (χ4n) is 8.13. The number of hydrogen-bond acceptors (Lipinski definition) is 2. The van der Waals surface area contributed by atoms with Gasteiger partial charge in [0.15, 0.2) is 5.82 Å². The molecule has 0 spiro atoms. The lowest BCUT2D eigenvalue weighted by atomic mass is 9.99. The summed E-state index contributed by atoms with van der Waals surface area (Å²) in [5.74, 6) is 0.823. The van der Waals surface area contributed by atoms with Crippen molar-refractivity contribution in [1.29, 1.82) is 0 Å². The molecule has 0 aliphatic rings. The monoisotopic (exact) mass is 636 g/mol. The van der Waals surface area contributed by atoms with Gasteiger partial charge in [-0.1, -0.05) is 133 Å². The average Bonchev–Trinajstić information content (AvgIpc) is 3.71. The number of fused-ring (bicyclic) bond motifs is 12. The molecule has 0 fully saturated rings. The average molecular weight is 637 g/mol. The van der Waals surface area contributed by atoms with Crippen LogP contribution in [-0.4, -0.2) is 19.1 Å². The molecule has 11 rings (SSSR count). The van der Waals surface area contributed by atoms with Crippen molar-refractivity contribution in [1.82, 2.24) is 19.1 Å². The molecule has 0 aliphatic heterocycles. The summed E-state index contributed by atoms with van der Waals surface area (Å²) in [5, 5.41) is 9.70. The van der Waals surface area contributed by atoms with Crippen LogP contribution in [0.1, 0.15) is 0 Å². The first kappa shape index (κ1) is 27.2. The van der Waals surface area contributed by atoms with E-state index >= 15 is 0 Å². The van der Waals surface area contributed by atoms with E-state index in [1.165, 1.54) is 54.1 Å². The van der Waals surface area contributed by atoms with E-state index in [1.807, 2.05) is 24.3 Å². The molecule has 0 radical (unpaired) electrons. The molecule has 0 unspecified atom stereocenters. The Hall–Kier alpha value is -6.78. The van der Waals surface area contributed by atoms with Crippen LogP contribution in [0.4, 0.5) is 0 Å². The van der Waals surface area contributed by atoms with Crippen LogP contribution in [0.15, 0.2) is 170 Å². The van der Waals surface area contributed by atoms with Gasteiger partial charge in [0.2, 0.25) is 0 Å². The van der Waals surface area contributed by atoms with Crippen LogP contribution in [-0.2, 0) is 0 Å². The Morgan fingerprint density at radius 1 is 0.380 bits per heavy atom. The highest BCUT2D eigenvalue weighted by molar-refractivity contribution is 6.37. The predicted octanol–water partition coefficient (Wildman–Crippen LogP) is 11.8. The van der Waals surface area contributed by atoms with Crippen LogP contribution < -0.4 is 0 Å². The minimum atomic E-state index is 0.823. The largest absolute Gasteiger partial charge is 0.309 e. The van der Waals surface area contributed by atoms with Crippen molar-refractivity contribution in [2.45, 2.75) is 0 Å². The highest BCUT2D eigenvalue weighted by Crippen LogP contribution is 2.47. The third-order valence-electron chi connectivity index (χ3n) is 10.2. The molecule has 4 nitrogen and oxygen atoms in total. The number of rotatable bonds is 3. The third kappa shape index (κ3) is 3.76. The second kappa shape index (κ2) is 10.4. The van der Waals surface area contributed by atoms with Gasteiger partial charge >= 0.3 is 0 Å². The van der Waals surface area contributed by atoms with Crippen molar-refractivity contribution in [3.8, 4) is 22.8 Å². The summed E-state index contributed by atoms with van der Waals surface area (Å²) in [5.41, 5.74) is 9.41. The zero-order valence-corrected chi connectivity index (χ0v) is 27.0. The van der Waals surface area contributed by atoms with Crippen LogP contribution in [0.5, 0.6) is 0 Å². The normalized spacial score (nSPS) is 12.0. The van der Waals surface area contributed by atoms with Gasteiger partial charge in [-0.05, 0) is 47.2 Å².